The van der Waals surface area contributed by atoms with Gasteiger partial charge in [-0.3, -0.25) is 9.69 Å². The van der Waals surface area contributed by atoms with Crippen LogP contribution in [0.3, 0.4) is 0 Å². The lowest BCUT2D eigenvalue weighted by Crippen LogP contribution is -2.48. The molecule has 1 aromatic heterocycles. The average Bonchev–Trinajstić information content (AvgIpc) is 3.24. The fourth-order valence-corrected chi connectivity index (χ4v) is 4.25. The number of hydrogen-bond donors (Lipinski definition) is 0. The number of carbonyl (C=O) groups is 1. The first kappa shape index (κ1) is 22.1. The topological polar surface area (TPSA) is 50.6 Å². The van der Waals surface area contributed by atoms with Crippen molar-refractivity contribution in [2.24, 2.45) is 0 Å². The van der Waals surface area contributed by atoms with Gasteiger partial charge in [-0.15, -0.1) is 0 Å². The van der Waals surface area contributed by atoms with E-state index in [-0.39, 0.29) is 12.6 Å². The molecular weight excluding hydrogens is 503 g/mol. The van der Waals surface area contributed by atoms with Gasteiger partial charge in [0.1, 0.15) is 5.75 Å². The summed E-state index contributed by atoms with van der Waals surface area (Å²) in [6.07, 6.45) is 1.73. The maximum Gasteiger partial charge on any atom is 0.274 e. The third kappa shape index (κ3) is 5.80. The lowest BCUT2D eigenvalue weighted by Gasteiger charge is -2.34. The van der Waals surface area contributed by atoms with E-state index >= 15 is 0 Å². The number of carbonyl (C=O) groups excluding carboxylic acids is 1. The molecule has 0 aliphatic carbocycles. The highest BCUT2D eigenvalue weighted by atomic mass is 79.9. The van der Waals surface area contributed by atoms with Crippen molar-refractivity contribution in [3.63, 3.8) is 0 Å². The van der Waals surface area contributed by atoms with Crippen molar-refractivity contribution in [3.8, 4) is 5.75 Å². The summed E-state index contributed by atoms with van der Waals surface area (Å²) in [5.41, 5.74) is 1.63. The highest BCUT2D eigenvalue weighted by Crippen LogP contribution is 2.27. The highest BCUT2D eigenvalue weighted by molar-refractivity contribution is 9.10. The molecule has 1 saturated heterocycles. The first-order valence-electron chi connectivity index (χ1n) is 9.85. The van der Waals surface area contributed by atoms with Crippen LogP contribution in [-0.2, 0) is 13.3 Å². The number of benzene rings is 2. The fourth-order valence-electron chi connectivity index (χ4n) is 3.39. The Kier molecular flexibility index (Phi) is 7.17. The summed E-state index contributed by atoms with van der Waals surface area (Å²) in [7, 11) is 0. The van der Waals surface area contributed by atoms with Crippen molar-refractivity contribution < 1.29 is 9.53 Å². The van der Waals surface area contributed by atoms with Crippen molar-refractivity contribution >= 4 is 45.0 Å². The number of halogens is 3. The molecule has 1 fully saturated rings. The van der Waals surface area contributed by atoms with E-state index in [1.807, 2.05) is 35.2 Å². The summed E-state index contributed by atoms with van der Waals surface area (Å²) in [6, 6.07) is 15.0. The fraction of sp³-hybridized carbons (Fsp3) is 0.273. The normalized spacial score (nSPS) is 14.6. The predicted molar refractivity (Wildman–Crippen MR) is 125 cm³/mol. The SMILES string of the molecule is O=C(c1ccn(COc2ccc(Br)cc2Cl)n1)N1CCN(Cc2ccc(Cl)cc2)CC1. The number of aromatic nitrogens is 2. The van der Waals surface area contributed by atoms with Crippen molar-refractivity contribution in [2.45, 2.75) is 13.3 Å². The minimum atomic E-state index is -0.0634. The molecule has 0 atom stereocenters. The monoisotopic (exact) mass is 522 g/mol. The van der Waals surface area contributed by atoms with Gasteiger partial charge in [-0.1, -0.05) is 51.3 Å². The number of hydrogen-bond acceptors (Lipinski definition) is 4. The molecule has 0 unspecified atom stereocenters. The maximum absolute atomic E-state index is 12.8. The van der Waals surface area contributed by atoms with E-state index in [4.69, 9.17) is 27.9 Å². The Balaban J connectivity index is 1.28. The van der Waals surface area contributed by atoms with Crippen LogP contribution in [-0.4, -0.2) is 51.7 Å². The van der Waals surface area contributed by atoms with Crippen LogP contribution in [0.4, 0.5) is 0 Å². The smallest absolute Gasteiger partial charge is 0.274 e. The van der Waals surface area contributed by atoms with Gasteiger partial charge in [0, 0.05) is 48.4 Å². The molecule has 4 rings (SSSR count). The van der Waals surface area contributed by atoms with Crippen LogP contribution in [0.1, 0.15) is 16.1 Å². The predicted octanol–water partition coefficient (Wildman–Crippen LogP) is 4.95. The Morgan fingerprint density at radius 1 is 1.03 bits per heavy atom. The largest absolute Gasteiger partial charge is 0.470 e. The Morgan fingerprint density at radius 3 is 2.48 bits per heavy atom. The molecule has 2 aromatic carbocycles. The van der Waals surface area contributed by atoms with Gasteiger partial charge < -0.3 is 9.64 Å². The molecule has 0 radical (unpaired) electrons. The van der Waals surface area contributed by atoms with Gasteiger partial charge >= 0.3 is 0 Å². The van der Waals surface area contributed by atoms with E-state index in [1.165, 1.54) is 5.56 Å². The summed E-state index contributed by atoms with van der Waals surface area (Å²) in [5.74, 6) is 0.497. The zero-order valence-corrected chi connectivity index (χ0v) is 19.8. The summed E-state index contributed by atoms with van der Waals surface area (Å²) < 4.78 is 8.17. The van der Waals surface area contributed by atoms with E-state index in [1.54, 1.807) is 29.1 Å². The lowest BCUT2D eigenvalue weighted by molar-refractivity contribution is 0.0621. The maximum atomic E-state index is 12.8. The van der Waals surface area contributed by atoms with Crippen molar-refractivity contribution in [3.05, 3.63) is 80.5 Å². The molecular formula is C22H21BrCl2N4O2. The zero-order valence-electron chi connectivity index (χ0n) is 16.7. The first-order chi connectivity index (χ1) is 15.0. The van der Waals surface area contributed by atoms with Crippen LogP contribution in [0, 0.1) is 0 Å². The molecule has 0 bridgehead atoms. The molecule has 31 heavy (non-hydrogen) atoms. The van der Waals surface area contributed by atoms with Gasteiger partial charge in [-0.2, -0.15) is 5.10 Å². The third-order valence-electron chi connectivity index (χ3n) is 5.08. The zero-order chi connectivity index (χ0) is 21.8. The summed E-state index contributed by atoms with van der Waals surface area (Å²) in [6.45, 7) is 4.00. The van der Waals surface area contributed by atoms with E-state index in [0.717, 1.165) is 29.1 Å². The second-order valence-electron chi connectivity index (χ2n) is 7.28. The highest BCUT2D eigenvalue weighted by Gasteiger charge is 2.23. The molecule has 2 heterocycles. The second-order valence-corrected chi connectivity index (χ2v) is 9.04. The van der Waals surface area contributed by atoms with Crippen molar-refractivity contribution in [1.29, 1.82) is 0 Å². The van der Waals surface area contributed by atoms with E-state index < -0.39 is 0 Å². The number of rotatable bonds is 6. The molecule has 9 heteroatoms. The molecule has 1 amide bonds. The van der Waals surface area contributed by atoms with E-state index in [2.05, 4.69) is 25.9 Å². The van der Waals surface area contributed by atoms with Gasteiger partial charge in [0.15, 0.2) is 12.4 Å². The van der Waals surface area contributed by atoms with E-state index in [0.29, 0.717) is 29.6 Å². The summed E-state index contributed by atoms with van der Waals surface area (Å²) in [4.78, 5) is 17.0. The van der Waals surface area contributed by atoms with Gasteiger partial charge in [0.05, 0.1) is 5.02 Å². The van der Waals surface area contributed by atoms with E-state index in [9.17, 15) is 4.79 Å². The summed E-state index contributed by atoms with van der Waals surface area (Å²) in [5, 5.41) is 5.61. The quantitative estimate of drug-likeness (QED) is 0.459. The first-order valence-corrected chi connectivity index (χ1v) is 11.4. The van der Waals surface area contributed by atoms with Gasteiger partial charge in [0.2, 0.25) is 0 Å². The molecule has 0 N–H and O–H groups in total. The number of ether oxygens (including phenoxy) is 1. The third-order valence-corrected chi connectivity index (χ3v) is 6.13. The molecule has 3 aromatic rings. The van der Waals surface area contributed by atoms with Gasteiger partial charge in [0.25, 0.3) is 5.91 Å². The number of nitrogens with zero attached hydrogens (tertiary/aromatic N) is 4. The Labute approximate surface area is 199 Å². The van der Waals surface area contributed by atoms with Gasteiger partial charge in [-0.05, 0) is 42.0 Å². The molecule has 0 spiro atoms. The second kappa shape index (κ2) is 10.0. The van der Waals surface area contributed by atoms with Crippen LogP contribution in [0.2, 0.25) is 10.0 Å². The Bertz CT molecular complexity index is 1050. The molecule has 6 nitrogen and oxygen atoms in total. The van der Waals surface area contributed by atoms with Crippen molar-refractivity contribution in [1.82, 2.24) is 19.6 Å². The minimum Gasteiger partial charge on any atom is -0.470 e. The van der Waals surface area contributed by atoms with Crippen LogP contribution in [0.15, 0.2) is 59.2 Å². The van der Waals surface area contributed by atoms with Crippen LogP contribution >= 0.6 is 39.1 Å². The Morgan fingerprint density at radius 2 is 1.77 bits per heavy atom. The van der Waals surface area contributed by atoms with Crippen LogP contribution in [0.25, 0.3) is 0 Å². The van der Waals surface area contributed by atoms with Crippen LogP contribution < -0.4 is 4.74 Å². The molecule has 1 aliphatic rings. The average molecular weight is 524 g/mol. The lowest BCUT2D eigenvalue weighted by atomic mass is 10.2. The molecule has 162 valence electrons. The molecule has 0 saturated carbocycles. The number of piperazine rings is 1. The standard InChI is InChI=1S/C22H21BrCl2N4O2/c23-17-3-6-21(19(25)13-17)31-15-29-8-7-20(26-29)22(30)28-11-9-27(10-12-28)14-16-1-4-18(24)5-2-16/h1-8,13H,9-12,14-15H2. The number of amides is 1. The summed E-state index contributed by atoms with van der Waals surface area (Å²) >= 11 is 15.5. The van der Waals surface area contributed by atoms with Crippen LogP contribution in [0.5, 0.6) is 5.75 Å². The molecule has 1 aliphatic heterocycles. The van der Waals surface area contributed by atoms with Gasteiger partial charge in [-0.25, -0.2) is 4.68 Å². The Hall–Kier alpha value is -2.06. The minimum absolute atomic E-state index is 0.0634. The van der Waals surface area contributed by atoms with Crippen molar-refractivity contribution in [2.75, 3.05) is 26.2 Å².